The minimum atomic E-state index is -0.591. The Morgan fingerprint density at radius 1 is 0.638 bits per heavy atom. The van der Waals surface area contributed by atoms with Crippen molar-refractivity contribution in [3.8, 4) is 22.8 Å². The van der Waals surface area contributed by atoms with Gasteiger partial charge >= 0.3 is 11.9 Å². The normalized spacial score (nSPS) is 11.6. The second-order valence-electron chi connectivity index (χ2n) is 13.3. The van der Waals surface area contributed by atoms with Crippen LogP contribution in [0.25, 0.3) is 65.0 Å². The number of carbonyl (C=O) groups excluding carboxylic acids is 4. The van der Waals surface area contributed by atoms with Crippen LogP contribution in [0.15, 0.2) is 72.8 Å². The molecule has 0 bridgehead atoms. The van der Waals surface area contributed by atoms with Crippen molar-refractivity contribution in [3.05, 3.63) is 104 Å². The Balaban J connectivity index is 1.23. The smallest absolute Gasteiger partial charge is 0.349 e. The molecule has 4 aromatic carbocycles. The average Bonchev–Trinajstić information content (AvgIpc) is 3.97. The number of benzene rings is 4. The first-order valence-electron chi connectivity index (χ1n) is 18.4. The Hall–Kier alpha value is -5.80. The van der Waals surface area contributed by atoms with Crippen LogP contribution >= 0.6 is 45.9 Å². The first-order chi connectivity index (χ1) is 28.0. The van der Waals surface area contributed by atoms with Gasteiger partial charge in [-0.05, 0) is 87.4 Å². The number of ether oxygens (including phenoxy) is 2. The molecule has 4 aromatic heterocycles. The van der Waals surface area contributed by atoms with Gasteiger partial charge in [0.15, 0.2) is 0 Å². The summed E-state index contributed by atoms with van der Waals surface area (Å²) in [6.45, 7) is 4.75. The number of hydrogen-bond donors (Lipinski definition) is 2. The SMILES string of the molecule is CCOC(=O)c1sc2cccc(Cl)c2c1-c1nc2cc(C(N)=O)ccc2n1CCCCn1c(-c2c(C(=O)OCC)sc3cccc(Cl)c23)nc2cc(C(N)=O)ccc21. The van der Waals surface area contributed by atoms with Gasteiger partial charge in [-0.1, -0.05) is 35.3 Å². The largest absolute Gasteiger partial charge is 0.462 e. The molecule has 16 heteroatoms. The zero-order valence-corrected chi connectivity index (χ0v) is 34.3. The molecule has 0 saturated heterocycles. The van der Waals surface area contributed by atoms with Gasteiger partial charge in [-0.3, -0.25) is 9.59 Å². The Kier molecular flexibility index (Phi) is 10.7. The summed E-state index contributed by atoms with van der Waals surface area (Å²) < 4.78 is 16.6. The van der Waals surface area contributed by atoms with E-state index in [2.05, 4.69) is 0 Å². The minimum absolute atomic E-state index is 0.183. The maximum absolute atomic E-state index is 13.5. The van der Waals surface area contributed by atoms with Crippen LogP contribution in [0.1, 0.15) is 66.7 Å². The van der Waals surface area contributed by atoms with E-state index in [-0.39, 0.29) is 13.2 Å². The summed E-state index contributed by atoms with van der Waals surface area (Å²) in [6.07, 6.45) is 1.21. The van der Waals surface area contributed by atoms with E-state index < -0.39 is 23.8 Å². The number of esters is 2. The summed E-state index contributed by atoms with van der Waals surface area (Å²) in [4.78, 5) is 62.1. The Morgan fingerprint density at radius 3 is 1.43 bits per heavy atom. The topological polar surface area (TPSA) is 174 Å². The summed E-state index contributed by atoms with van der Waals surface area (Å²) in [5, 5.41) is 2.26. The molecule has 12 nitrogen and oxygen atoms in total. The second-order valence-corrected chi connectivity index (χ2v) is 16.2. The molecule has 4 heterocycles. The van der Waals surface area contributed by atoms with E-state index in [4.69, 9.17) is 54.1 Å². The molecule has 0 aliphatic heterocycles. The lowest BCUT2D eigenvalue weighted by atomic mass is 10.1. The number of aryl methyl sites for hydroxylation is 2. The number of nitrogens with two attached hydrogens (primary N) is 2. The van der Waals surface area contributed by atoms with Gasteiger partial charge in [-0.15, -0.1) is 22.7 Å². The van der Waals surface area contributed by atoms with E-state index in [1.165, 1.54) is 22.7 Å². The molecule has 4 N–H and O–H groups in total. The zero-order valence-electron chi connectivity index (χ0n) is 31.1. The molecule has 0 saturated carbocycles. The van der Waals surface area contributed by atoms with Gasteiger partial charge in [0.2, 0.25) is 11.8 Å². The zero-order chi connectivity index (χ0) is 40.8. The summed E-state index contributed by atoms with van der Waals surface area (Å²) in [6, 6.07) is 21.2. The lowest BCUT2D eigenvalue weighted by Gasteiger charge is -2.13. The maximum Gasteiger partial charge on any atom is 0.349 e. The van der Waals surface area contributed by atoms with Gasteiger partial charge < -0.3 is 30.1 Å². The Labute approximate surface area is 348 Å². The highest BCUT2D eigenvalue weighted by Gasteiger charge is 2.29. The monoisotopic (exact) mass is 852 g/mol. The standard InChI is InChI=1S/C42H34Cl2N6O6S2/c1-3-55-41(53)35-33(31-23(43)9-7-11-29(31)57-35)39-47-25-19-21(37(45)51)13-15-27(25)49(39)17-5-6-18-50-28-16-14-22(38(46)52)20-26(28)48-40(50)34-32-24(44)10-8-12-30(32)58-36(34)42(54)56-4-2/h7-16,19-20H,3-6,17-18H2,1-2H3,(H2,45,51)(H2,46,52). The summed E-state index contributed by atoms with van der Waals surface area (Å²) >= 11 is 16.2. The predicted octanol–water partition coefficient (Wildman–Crippen LogP) is 9.49. The van der Waals surface area contributed by atoms with Crippen molar-refractivity contribution in [3.63, 3.8) is 0 Å². The molecule has 58 heavy (non-hydrogen) atoms. The third-order valence-corrected chi connectivity index (χ3v) is 12.7. The number of carbonyl (C=O) groups is 4. The fraction of sp³-hybridized carbons (Fsp3) is 0.190. The van der Waals surface area contributed by atoms with Gasteiger partial charge in [0.05, 0.1) is 56.5 Å². The lowest BCUT2D eigenvalue weighted by Crippen LogP contribution is -2.10. The summed E-state index contributed by atoms with van der Waals surface area (Å²) in [5.41, 5.74) is 15.5. The number of rotatable bonds is 13. The molecule has 0 aliphatic carbocycles. The fourth-order valence-corrected chi connectivity index (χ4v) is 10.1. The number of nitrogens with zero attached hydrogens (tertiary/aromatic N) is 4. The van der Waals surface area contributed by atoms with E-state index >= 15 is 0 Å². The van der Waals surface area contributed by atoms with Gasteiger partial charge in [0.25, 0.3) is 0 Å². The van der Waals surface area contributed by atoms with E-state index in [0.717, 1.165) is 20.4 Å². The van der Waals surface area contributed by atoms with Crippen molar-refractivity contribution in [2.45, 2.75) is 39.8 Å². The third-order valence-electron chi connectivity index (χ3n) is 9.78. The molecular formula is C42H34Cl2N6O6S2. The van der Waals surface area contributed by atoms with Crippen LogP contribution in [-0.2, 0) is 22.6 Å². The number of aromatic nitrogens is 4. The highest BCUT2D eigenvalue weighted by molar-refractivity contribution is 7.22. The molecule has 0 spiro atoms. The van der Waals surface area contributed by atoms with Crippen LogP contribution in [-0.4, -0.2) is 56.1 Å². The predicted molar refractivity (Wildman–Crippen MR) is 229 cm³/mol. The van der Waals surface area contributed by atoms with Crippen LogP contribution in [0.4, 0.5) is 0 Å². The van der Waals surface area contributed by atoms with Gasteiger partial charge in [0.1, 0.15) is 21.4 Å². The molecule has 8 aromatic rings. The van der Waals surface area contributed by atoms with Crippen molar-refractivity contribution in [1.29, 1.82) is 0 Å². The van der Waals surface area contributed by atoms with Crippen LogP contribution in [0.5, 0.6) is 0 Å². The maximum atomic E-state index is 13.5. The van der Waals surface area contributed by atoms with E-state index in [0.29, 0.717) is 101 Å². The van der Waals surface area contributed by atoms with Crippen molar-refractivity contribution in [2.24, 2.45) is 11.5 Å². The first kappa shape index (κ1) is 39.0. The molecule has 0 unspecified atom stereocenters. The van der Waals surface area contributed by atoms with Crippen molar-refractivity contribution >= 4 is 112 Å². The van der Waals surface area contributed by atoms with Crippen LogP contribution in [0.3, 0.4) is 0 Å². The number of amides is 2. The number of halogens is 2. The molecule has 0 atom stereocenters. The van der Waals surface area contributed by atoms with E-state index in [9.17, 15) is 19.2 Å². The number of hydrogen-bond acceptors (Lipinski definition) is 10. The Morgan fingerprint density at radius 2 is 1.05 bits per heavy atom. The summed E-state index contributed by atoms with van der Waals surface area (Å²) in [5.74, 6) is -1.19. The van der Waals surface area contributed by atoms with Gasteiger partial charge in [0, 0.05) is 44.4 Å². The number of imidazole rings is 2. The summed E-state index contributed by atoms with van der Waals surface area (Å²) in [7, 11) is 0. The van der Waals surface area contributed by atoms with E-state index in [1.807, 2.05) is 33.4 Å². The second kappa shape index (κ2) is 15.9. The van der Waals surface area contributed by atoms with Crippen molar-refractivity contribution < 1.29 is 28.7 Å². The molecule has 8 rings (SSSR count). The first-order valence-corrected chi connectivity index (χ1v) is 20.8. The van der Waals surface area contributed by atoms with E-state index in [1.54, 1.807) is 62.4 Å². The molecule has 2 amide bonds. The number of unbranched alkanes of at least 4 members (excludes halogenated alkanes) is 1. The quantitative estimate of drug-likeness (QED) is 0.0852. The number of fused-ring (bicyclic) bond motifs is 4. The van der Waals surface area contributed by atoms with Crippen molar-refractivity contribution in [1.82, 2.24) is 19.1 Å². The van der Waals surface area contributed by atoms with Crippen LogP contribution in [0, 0.1) is 0 Å². The van der Waals surface area contributed by atoms with Crippen molar-refractivity contribution in [2.75, 3.05) is 13.2 Å². The third kappa shape index (κ3) is 6.85. The number of thiophene rings is 2. The van der Waals surface area contributed by atoms with Crippen LogP contribution in [0.2, 0.25) is 10.0 Å². The highest BCUT2D eigenvalue weighted by Crippen LogP contribution is 2.45. The lowest BCUT2D eigenvalue weighted by molar-refractivity contribution is 0.0523. The average molecular weight is 854 g/mol. The fourth-order valence-electron chi connectivity index (χ4n) is 7.26. The molecule has 0 aliphatic rings. The molecule has 0 radical (unpaired) electrons. The molecular weight excluding hydrogens is 820 g/mol. The minimum Gasteiger partial charge on any atom is -0.462 e. The van der Waals surface area contributed by atoms with Gasteiger partial charge in [-0.25, -0.2) is 19.6 Å². The Bertz CT molecular complexity index is 2780. The van der Waals surface area contributed by atoms with Crippen LogP contribution < -0.4 is 11.5 Å². The molecule has 294 valence electrons. The molecule has 0 fully saturated rings. The van der Waals surface area contributed by atoms with Gasteiger partial charge in [-0.2, -0.15) is 0 Å². The highest BCUT2D eigenvalue weighted by atomic mass is 35.5. The number of primary amides is 2.